The van der Waals surface area contributed by atoms with Gasteiger partial charge < -0.3 is 10.3 Å². The molecule has 0 bridgehead atoms. The van der Waals surface area contributed by atoms with Crippen LogP contribution in [0.2, 0.25) is 0 Å². The van der Waals surface area contributed by atoms with Gasteiger partial charge in [0.05, 0.1) is 12.0 Å². The van der Waals surface area contributed by atoms with Gasteiger partial charge in [0.2, 0.25) is 0 Å². The number of benzene rings is 1. The summed E-state index contributed by atoms with van der Waals surface area (Å²) < 4.78 is 2.09. The maximum atomic E-state index is 6.00. The lowest BCUT2D eigenvalue weighted by Crippen LogP contribution is -2.08. The third kappa shape index (κ3) is 2.24. The molecule has 0 spiro atoms. The normalized spacial score (nSPS) is 12.7. The minimum Gasteiger partial charge on any atom is -0.324 e. The van der Waals surface area contributed by atoms with Crippen LogP contribution in [0.4, 0.5) is 0 Å². The van der Waals surface area contributed by atoms with Crippen LogP contribution >= 0.6 is 0 Å². The van der Waals surface area contributed by atoms with Crippen LogP contribution < -0.4 is 5.73 Å². The largest absolute Gasteiger partial charge is 0.324 e. The second kappa shape index (κ2) is 4.72. The molecule has 1 aromatic carbocycles. The molecule has 0 aliphatic carbocycles. The summed E-state index contributed by atoms with van der Waals surface area (Å²) in [6.07, 6.45) is 2.82. The number of hydrogen-bond donors (Lipinski definition) is 1. The first-order valence-corrected chi connectivity index (χ1v) is 6.00. The Bertz CT molecular complexity index is 497. The van der Waals surface area contributed by atoms with E-state index in [1.165, 1.54) is 11.3 Å². The first-order chi connectivity index (χ1) is 8.13. The second-order valence-electron chi connectivity index (χ2n) is 4.39. The maximum Gasteiger partial charge on any atom is 0.0997 e. The van der Waals surface area contributed by atoms with Crippen molar-refractivity contribution in [3.63, 3.8) is 0 Å². The van der Waals surface area contributed by atoms with E-state index in [0.717, 1.165) is 17.8 Å². The average Bonchev–Trinajstić information content (AvgIpc) is 2.69. The van der Waals surface area contributed by atoms with Crippen LogP contribution in [-0.2, 0) is 0 Å². The minimum atomic E-state index is 0.134. The van der Waals surface area contributed by atoms with Gasteiger partial charge in [0.1, 0.15) is 0 Å². The van der Waals surface area contributed by atoms with E-state index < -0.39 is 0 Å². The highest BCUT2D eigenvalue weighted by Gasteiger charge is 2.06. The number of hydrogen-bond acceptors (Lipinski definition) is 2. The Morgan fingerprint density at radius 3 is 2.35 bits per heavy atom. The molecule has 0 aliphatic rings. The van der Waals surface area contributed by atoms with Gasteiger partial charge in [-0.2, -0.15) is 0 Å². The van der Waals surface area contributed by atoms with E-state index in [4.69, 9.17) is 5.73 Å². The van der Waals surface area contributed by atoms with Gasteiger partial charge >= 0.3 is 0 Å². The molecule has 90 valence electrons. The van der Waals surface area contributed by atoms with Crippen LogP contribution in [0.25, 0.3) is 5.69 Å². The van der Waals surface area contributed by atoms with E-state index in [1.807, 2.05) is 13.3 Å². The molecule has 0 saturated heterocycles. The predicted octanol–water partition coefficient (Wildman–Crippen LogP) is 2.90. The number of aromatic nitrogens is 2. The van der Waals surface area contributed by atoms with Gasteiger partial charge in [0.15, 0.2) is 0 Å². The Labute approximate surface area is 102 Å². The highest BCUT2D eigenvalue weighted by atomic mass is 15.1. The highest BCUT2D eigenvalue weighted by Crippen LogP contribution is 2.18. The molecule has 1 unspecified atom stereocenters. The van der Waals surface area contributed by atoms with E-state index in [1.54, 1.807) is 0 Å². The summed E-state index contributed by atoms with van der Waals surface area (Å²) >= 11 is 0. The lowest BCUT2D eigenvalue weighted by Gasteiger charge is -2.11. The molecule has 1 atom stereocenters. The molecule has 2 rings (SSSR count). The van der Waals surface area contributed by atoms with Gasteiger partial charge in [-0.25, -0.2) is 4.98 Å². The lowest BCUT2D eigenvalue weighted by molar-refractivity contribution is 0.698. The number of imidazole rings is 1. The molecular formula is C14H19N3. The van der Waals surface area contributed by atoms with E-state index >= 15 is 0 Å². The second-order valence-corrected chi connectivity index (χ2v) is 4.39. The molecule has 0 saturated carbocycles. The first-order valence-electron chi connectivity index (χ1n) is 6.00. The van der Waals surface area contributed by atoms with Crippen molar-refractivity contribution in [1.82, 2.24) is 9.55 Å². The molecule has 1 aromatic heterocycles. The predicted molar refractivity (Wildman–Crippen MR) is 70.3 cm³/mol. The summed E-state index contributed by atoms with van der Waals surface area (Å²) in [5, 5.41) is 0. The Balaban J connectivity index is 2.32. The van der Waals surface area contributed by atoms with Crippen molar-refractivity contribution in [2.75, 3.05) is 0 Å². The molecule has 3 nitrogen and oxygen atoms in total. The van der Waals surface area contributed by atoms with Gasteiger partial charge in [-0.05, 0) is 38.0 Å². The van der Waals surface area contributed by atoms with E-state index in [2.05, 4.69) is 47.7 Å². The Hall–Kier alpha value is -1.61. The fraction of sp³-hybridized carbons (Fsp3) is 0.357. The van der Waals surface area contributed by atoms with Crippen LogP contribution in [0.3, 0.4) is 0 Å². The first kappa shape index (κ1) is 11.9. The Morgan fingerprint density at radius 1 is 1.24 bits per heavy atom. The fourth-order valence-electron chi connectivity index (χ4n) is 1.88. The van der Waals surface area contributed by atoms with E-state index in [0.29, 0.717) is 0 Å². The fourth-order valence-corrected chi connectivity index (χ4v) is 1.88. The molecule has 17 heavy (non-hydrogen) atoms. The summed E-state index contributed by atoms with van der Waals surface area (Å²) in [7, 11) is 0. The zero-order chi connectivity index (χ0) is 12.4. The third-order valence-electron chi connectivity index (χ3n) is 3.29. The van der Waals surface area contributed by atoms with Gasteiger partial charge in [-0.3, -0.25) is 0 Å². The van der Waals surface area contributed by atoms with Gasteiger partial charge in [-0.1, -0.05) is 19.1 Å². The van der Waals surface area contributed by atoms with Gasteiger partial charge in [0, 0.05) is 17.4 Å². The SMILES string of the molecule is CCC(N)c1ccc(-n2cnc(C)c2C)cc1. The average molecular weight is 229 g/mol. The van der Waals surface area contributed by atoms with Crippen LogP contribution in [-0.4, -0.2) is 9.55 Å². The topological polar surface area (TPSA) is 43.8 Å². The van der Waals surface area contributed by atoms with Crippen molar-refractivity contribution in [3.05, 3.63) is 47.5 Å². The molecule has 0 aliphatic heterocycles. The molecular weight excluding hydrogens is 210 g/mol. The standard InChI is InChI=1S/C14H19N3/c1-4-14(15)12-5-7-13(8-6-12)17-9-16-10(2)11(17)3/h5-9,14H,4,15H2,1-3H3. The Kier molecular flexibility index (Phi) is 3.29. The number of aryl methyl sites for hydroxylation is 1. The number of nitrogens with zero attached hydrogens (tertiary/aromatic N) is 2. The molecule has 0 radical (unpaired) electrons. The molecule has 0 fully saturated rings. The Morgan fingerprint density at radius 2 is 1.88 bits per heavy atom. The summed E-state index contributed by atoms with van der Waals surface area (Å²) in [6, 6.07) is 8.52. The monoisotopic (exact) mass is 229 g/mol. The van der Waals surface area contributed by atoms with Crippen molar-refractivity contribution in [2.24, 2.45) is 5.73 Å². The smallest absolute Gasteiger partial charge is 0.0997 e. The molecule has 3 heteroatoms. The van der Waals surface area contributed by atoms with Crippen LogP contribution in [0.1, 0.15) is 36.3 Å². The van der Waals surface area contributed by atoms with Gasteiger partial charge in [-0.15, -0.1) is 0 Å². The molecule has 0 amide bonds. The van der Waals surface area contributed by atoms with Crippen LogP contribution in [0.15, 0.2) is 30.6 Å². The number of rotatable bonds is 3. The van der Waals surface area contributed by atoms with Gasteiger partial charge in [0.25, 0.3) is 0 Å². The lowest BCUT2D eigenvalue weighted by atomic mass is 10.1. The molecule has 1 heterocycles. The van der Waals surface area contributed by atoms with Crippen LogP contribution in [0, 0.1) is 13.8 Å². The zero-order valence-electron chi connectivity index (χ0n) is 10.6. The van der Waals surface area contributed by atoms with Crippen LogP contribution in [0.5, 0.6) is 0 Å². The van der Waals surface area contributed by atoms with Crippen molar-refractivity contribution >= 4 is 0 Å². The van der Waals surface area contributed by atoms with Crippen molar-refractivity contribution in [2.45, 2.75) is 33.2 Å². The van der Waals surface area contributed by atoms with E-state index in [-0.39, 0.29) is 6.04 Å². The molecule has 2 aromatic rings. The summed E-state index contributed by atoms with van der Waals surface area (Å²) in [5.41, 5.74) is 10.6. The summed E-state index contributed by atoms with van der Waals surface area (Å²) in [5.74, 6) is 0. The third-order valence-corrected chi connectivity index (χ3v) is 3.29. The molecule has 2 N–H and O–H groups in total. The number of nitrogens with two attached hydrogens (primary N) is 1. The zero-order valence-corrected chi connectivity index (χ0v) is 10.6. The highest BCUT2D eigenvalue weighted by molar-refractivity contribution is 5.38. The quantitative estimate of drug-likeness (QED) is 0.879. The van der Waals surface area contributed by atoms with Crippen molar-refractivity contribution < 1.29 is 0 Å². The van der Waals surface area contributed by atoms with Crippen molar-refractivity contribution in [3.8, 4) is 5.69 Å². The van der Waals surface area contributed by atoms with Crippen molar-refractivity contribution in [1.29, 1.82) is 0 Å². The summed E-state index contributed by atoms with van der Waals surface area (Å²) in [6.45, 7) is 6.20. The minimum absolute atomic E-state index is 0.134. The summed E-state index contributed by atoms with van der Waals surface area (Å²) in [4.78, 5) is 4.30. The van der Waals surface area contributed by atoms with E-state index in [9.17, 15) is 0 Å². The maximum absolute atomic E-state index is 6.00.